The van der Waals surface area contributed by atoms with Crippen molar-refractivity contribution in [2.75, 3.05) is 23.3 Å². The number of fused-ring (bicyclic) bond motifs is 3. The molecule has 1 saturated carbocycles. The van der Waals surface area contributed by atoms with Gasteiger partial charge in [0, 0.05) is 31.4 Å². The van der Waals surface area contributed by atoms with Gasteiger partial charge in [-0.25, -0.2) is 15.0 Å². The molecule has 3 aromatic rings. The number of hydrogen-bond acceptors (Lipinski definition) is 7. The van der Waals surface area contributed by atoms with Crippen molar-refractivity contribution in [3.63, 3.8) is 0 Å². The van der Waals surface area contributed by atoms with E-state index < -0.39 is 5.41 Å². The van der Waals surface area contributed by atoms with E-state index in [1.807, 2.05) is 35.8 Å². The normalized spacial score (nSPS) is 23.1. The Balaban J connectivity index is 1.26. The first-order valence-corrected chi connectivity index (χ1v) is 12.9. The number of para-hydroxylation sites is 1. The number of aryl methyl sites for hydroxylation is 1. The first-order chi connectivity index (χ1) is 17.5. The molecule has 3 N–H and O–H groups in total. The van der Waals surface area contributed by atoms with Crippen LogP contribution in [0, 0.1) is 0 Å². The molecule has 1 saturated heterocycles. The molecule has 4 heterocycles. The number of piperidine rings is 1. The van der Waals surface area contributed by atoms with E-state index in [1.54, 1.807) is 0 Å². The van der Waals surface area contributed by atoms with Gasteiger partial charge in [0.2, 0.25) is 11.7 Å². The standard InChI is InChI=1S/C26H31N7O3/c1-2-33-22-20(31-23(33)24(35)29-16-7-9-17(34)10-8-16)21(27-15-28-22)32-13-11-26(12-14-32)18-5-3-4-6-19(18)30-25(26)36/h3-6,15-17,34H,2,7-14H2,1H3,(H,29,35)(H,30,36). The van der Waals surface area contributed by atoms with E-state index in [4.69, 9.17) is 4.98 Å². The Morgan fingerprint density at radius 2 is 1.92 bits per heavy atom. The molecule has 2 fully saturated rings. The smallest absolute Gasteiger partial charge is 0.287 e. The lowest BCUT2D eigenvalue weighted by atomic mass is 9.73. The van der Waals surface area contributed by atoms with Crippen LogP contribution in [-0.4, -0.2) is 61.7 Å². The highest BCUT2D eigenvalue weighted by atomic mass is 16.3. The number of hydrogen-bond donors (Lipinski definition) is 3. The fraction of sp³-hybridized carbons (Fsp3) is 0.500. The second kappa shape index (κ2) is 8.85. The molecule has 0 radical (unpaired) electrons. The Morgan fingerprint density at radius 1 is 1.17 bits per heavy atom. The number of anilines is 2. The molecule has 2 amide bonds. The number of nitrogens with zero attached hydrogens (tertiary/aromatic N) is 5. The molecule has 36 heavy (non-hydrogen) atoms. The van der Waals surface area contributed by atoms with Gasteiger partial charge >= 0.3 is 0 Å². The van der Waals surface area contributed by atoms with E-state index in [2.05, 4.69) is 25.5 Å². The minimum atomic E-state index is -0.513. The topological polar surface area (TPSA) is 125 Å². The van der Waals surface area contributed by atoms with Crippen LogP contribution in [0.15, 0.2) is 30.6 Å². The van der Waals surface area contributed by atoms with Gasteiger partial charge in [0.25, 0.3) is 5.91 Å². The third-order valence-electron chi connectivity index (χ3n) is 8.11. The van der Waals surface area contributed by atoms with Gasteiger partial charge in [-0.3, -0.25) is 9.59 Å². The van der Waals surface area contributed by atoms with E-state index in [0.29, 0.717) is 68.1 Å². The number of rotatable bonds is 4. The van der Waals surface area contributed by atoms with Crippen LogP contribution in [0.1, 0.15) is 61.6 Å². The summed E-state index contributed by atoms with van der Waals surface area (Å²) in [4.78, 5) is 42.1. The highest BCUT2D eigenvalue weighted by molar-refractivity contribution is 6.06. The second-order valence-electron chi connectivity index (χ2n) is 10.1. The summed E-state index contributed by atoms with van der Waals surface area (Å²) in [6.07, 6.45) is 5.52. The van der Waals surface area contributed by atoms with Crippen molar-refractivity contribution in [1.29, 1.82) is 0 Å². The Bertz CT molecular complexity index is 1320. The van der Waals surface area contributed by atoms with Crippen molar-refractivity contribution in [3.05, 3.63) is 42.0 Å². The number of benzene rings is 1. The lowest BCUT2D eigenvalue weighted by molar-refractivity contribution is -0.121. The summed E-state index contributed by atoms with van der Waals surface area (Å²) in [5.74, 6) is 0.876. The molecule has 10 heteroatoms. The second-order valence-corrected chi connectivity index (χ2v) is 10.1. The summed E-state index contributed by atoms with van der Waals surface area (Å²) < 4.78 is 1.83. The van der Waals surface area contributed by atoms with Gasteiger partial charge in [0.15, 0.2) is 17.0 Å². The highest BCUT2D eigenvalue weighted by Gasteiger charge is 2.48. The molecule has 6 rings (SSSR count). The minimum absolute atomic E-state index is 0.0373. The lowest BCUT2D eigenvalue weighted by Gasteiger charge is -2.38. The maximum absolute atomic E-state index is 13.2. The molecule has 2 aliphatic heterocycles. The molecule has 1 spiro atoms. The maximum Gasteiger partial charge on any atom is 0.287 e. The fourth-order valence-corrected chi connectivity index (χ4v) is 6.07. The van der Waals surface area contributed by atoms with Crippen LogP contribution >= 0.6 is 0 Å². The third kappa shape index (κ3) is 3.62. The number of amides is 2. The average Bonchev–Trinajstić information content (AvgIpc) is 3.41. The van der Waals surface area contributed by atoms with Crippen molar-refractivity contribution < 1.29 is 14.7 Å². The van der Waals surface area contributed by atoms with E-state index in [1.165, 1.54) is 6.33 Å². The average molecular weight is 490 g/mol. The molecule has 188 valence electrons. The van der Waals surface area contributed by atoms with Gasteiger partial charge in [0.1, 0.15) is 6.33 Å². The molecular formula is C26H31N7O3. The number of imidazole rings is 1. The van der Waals surface area contributed by atoms with E-state index in [-0.39, 0.29) is 24.0 Å². The van der Waals surface area contributed by atoms with Gasteiger partial charge in [-0.2, -0.15) is 0 Å². The summed E-state index contributed by atoms with van der Waals surface area (Å²) in [7, 11) is 0. The monoisotopic (exact) mass is 489 g/mol. The predicted molar refractivity (Wildman–Crippen MR) is 135 cm³/mol. The van der Waals surface area contributed by atoms with Crippen LogP contribution in [0.25, 0.3) is 11.2 Å². The van der Waals surface area contributed by atoms with E-state index in [9.17, 15) is 14.7 Å². The van der Waals surface area contributed by atoms with Crippen LogP contribution in [-0.2, 0) is 16.8 Å². The van der Waals surface area contributed by atoms with Gasteiger partial charge in [-0.1, -0.05) is 18.2 Å². The number of carbonyl (C=O) groups is 2. The van der Waals surface area contributed by atoms with E-state index >= 15 is 0 Å². The quantitative estimate of drug-likeness (QED) is 0.514. The molecule has 10 nitrogen and oxygen atoms in total. The largest absolute Gasteiger partial charge is 0.393 e. The van der Waals surface area contributed by atoms with Crippen molar-refractivity contribution >= 4 is 34.5 Å². The molecule has 2 aromatic heterocycles. The first-order valence-electron chi connectivity index (χ1n) is 12.9. The van der Waals surface area contributed by atoms with Gasteiger partial charge in [-0.05, 0) is 57.1 Å². The van der Waals surface area contributed by atoms with Crippen LogP contribution in [0.2, 0.25) is 0 Å². The summed E-state index contributed by atoms with van der Waals surface area (Å²) in [6.45, 7) is 3.83. The summed E-state index contributed by atoms with van der Waals surface area (Å²) >= 11 is 0. The Hall–Kier alpha value is -3.53. The van der Waals surface area contributed by atoms with Crippen molar-refractivity contribution in [3.8, 4) is 0 Å². The SMILES string of the molecule is CCn1c(C(=O)NC2CCC(O)CC2)nc2c(N3CCC4(CC3)C(=O)Nc3ccccc34)ncnc21. The zero-order valence-corrected chi connectivity index (χ0v) is 20.4. The molecule has 0 unspecified atom stereocenters. The van der Waals surface area contributed by atoms with Crippen molar-refractivity contribution in [1.82, 2.24) is 24.8 Å². The van der Waals surface area contributed by atoms with Crippen molar-refractivity contribution in [2.45, 2.75) is 69.6 Å². The predicted octanol–water partition coefficient (Wildman–Crippen LogP) is 2.37. The minimum Gasteiger partial charge on any atom is -0.393 e. The Kier molecular flexibility index (Phi) is 5.63. The molecule has 0 atom stereocenters. The zero-order valence-electron chi connectivity index (χ0n) is 20.4. The number of aromatic nitrogens is 4. The number of aliphatic hydroxyl groups is 1. The summed E-state index contributed by atoms with van der Waals surface area (Å²) in [6, 6.07) is 7.98. The van der Waals surface area contributed by atoms with Gasteiger partial charge in [-0.15, -0.1) is 0 Å². The lowest BCUT2D eigenvalue weighted by Crippen LogP contribution is -2.46. The third-order valence-corrected chi connectivity index (χ3v) is 8.11. The number of nitrogens with one attached hydrogen (secondary N) is 2. The maximum atomic E-state index is 13.2. The number of carbonyl (C=O) groups excluding carboxylic acids is 2. The molecule has 3 aliphatic rings. The molecule has 1 aromatic carbocycles. The van der Waals surface area contributed by atoms with E-state index in [0.717, 1.165) is 24.1 Å². The molecule has 0 bridgehead atoms. The summed E-state index contributed by atoms with van der Waals surface area (Å²) in [5.41, 5.74) is 2.71. The van der Waals surface area contributed by atoms with Crippen LogP contribution in [0.5, 0.6) is 0 Å². The Morgan fingerprint density at radius 3 is 2.67 bits per heavy atom. The fourth-order valence-electron chi connectivity index (χ4n) is 6.07. The number of aliphatic hydroxyl groups excluding tert-OH is 1. The highest BCUT2D eigenvalue weighted by Crippen LogP contribution is 2.45. The first kappa shape index (κ1) is 22.9. The molecular weight excluding hydrogens is 458 g/mol. The van der Waals surface area contributed by atoms with Crippen molar-refractivity contribution in [2.24, 2.45) is 0 Å². The Labute approximate surface area is 209 Å². The van der Waals surface area contributed by atoms with Crippen LogP contribution in [0.4, 0.5) is 11.5 Å². The summed E-state index contributed by atoms with van der Waals surface area (Å²) in [5, 5.41) is 15.9. The van der Waals surface area contributed by atoms with Crippen LogP contribution in [0.3, 0.4) is 0 Å². The van der Waals surface area contributed by atoms with Gasteiger partial charge in [0.05, 0.1) is 11.5 Å². The zero-order chi connectivity index (χ0) is 24.9. The van der Waals surface area contributed by atoms with Crippen LogP contribution < -0.4 is 15.5 Å². The molecule has 1 aliphatic carbocycles. The van der Waals surface area contributed by atoms with Gasteiger partial charge < -0.3 is 25.2 Å².